The number of primary amides is 1. The molecule has 0 aliphatic heterocycles. The number of pyridine rings is 1. The molecule has 0 fully saturated rings. The number of nitrogens with zero attached hydrogens (tertiary/aromatic N) is 1. The zero-order valence-electron chi connectivity index (χ0n) is 7.01. The van der Waals surface area contributed by atoms with Crippen LogP contribution in [0.4, 0.5) is 13.2 Å². The van der Waals surface area contributed by atoms with Crippen molar-refractivity contribution < 1.29 is 22.7 Å². The highest BCUT2D eigenvalue weighted by Gasteiger charge is 2.31. The number of halogens is 4. The molecule has 0 unspecified atom stereocenters. The predicted octanol–water partition coefficient (Wildman–Crippen LogP) is 1.73. The molecule has 0 aliphatic rings. The van der Waals surface area contributed by atoms with Crippen molar-refractivity contribution in [2.45, 2.75) is 6.36 Å². The lowest BCUT2D eigenvalue weighted by Crippen LogP contribution is -2.18. The molecule has 1 aromatic rings. The van der Waals surface area contributed by atoms with Crippen LogP contribution < -0.4 is 10.5 Å². The van der Waals surface area contributed by atoms with Crippen LogP contribution in [-0.2, 0) is 0 Å². The van der Waals surface area contributed by atoms with Gasteiger partial charge in [-0.05, 0) is 6.07 Å². The van der Waals surface area contributed by atoms with Gasteiger partial charge in [0.15, 0.2) is 0 Å². The zero-order chi connectivity index (χ0) is 11.6. The van der Waals surface area contributed by atoms with Gasteiger partial charge in [-0.3, -0.25) is 4.79 Å². The molecule has 1 amide bonds. The van der Waals surface area contributed by atoms with E-state index in [0.29, 0.717) is 0 Å². The van der Waals surface area contributed by atoms with E-state index in [1.54, 1.807) is 0 Å². The van der Waals surface area contributed by atoms with Crippen molar-refractivity contribution in [3.63, 3.8) is 0 Å². The van der Waals surface area contributed by atoms with Gasteiger partial charge in [-0.1, -0.05) is 11.6 Å². The number of nitrogens with two attached hydrogens (primary N) is 1. The van der Waals surface area contributed by atoms with Crippen molar-refractivity contribution >= 4 is 17.5 Å². The molecule has 1 rings (SSSR count). The molecule has 0 spiro atoms. The first-order chi connectivity index (χ1) is 6.79. The number of alkyl halides is 3. The number of amides is 1. The van der Waals surface area contributed by atoms with Gasteiger partial charge in [0.25, 0.3) is 5.91 Å². The van der Waals surface area contributed by atoms with Gasteiger partial charge < -0.3 is 10.5 Å². The van der Waals surface area contributed by atoms with Gasteiger partial charge in [0.2, 0.25) is 0 Å². The van der Waals surface area contributed by atoms with Crippen LogP contribution in [0.15, 0.2) is 12.3 Å². The molecule has 2 N–H and O–H groups in total. The minimum Gasteiger partial charge on any atom is -0.404 e. The quantitative estimate of drug-likeness (QED) is 0.801. The van der Waals surface area contributed by atoms with E-state index >= 15 is 0 Å². The molecule has 8 heteroatoms. The van der Waals surface area contributed by atoms with Gasteiger partial charge in [-0.25, -0.2) is 4.98 Å². The maximum absolute atomic E-state index is 11.8. The second kappa shape index (κ2) is 3.93. The second-order valence-electron chi connectivity index (χ2n) is 2.42. The maximum atomic E-state index is 11.8. The fraction of sp³-hybridized carbons (Fsp3) is 0.143. The lowest BCUT2D eigenvalue weighted by molar-refractivity contribution is -0.274. The van der Waals surface area contributed by atoms with Crippen LogP contribution in [0.2, 0.25) is 5.15 Å². The molecule has 82 valence electrons. The Hall–Kier alpha value is -1.50. The lowest BCUT2D eigenvalue weighted by atomic mass is 10.2. The third-order valence-electron chi connectivity index (χ3n) is 1.31. The highest BCUT2D eigenvalue weighted by molar-refractivity contribution is 6.32. The average Bonchev–Trinajstić information content (AvgIpc) is 2.05. The first-order valence-electron chi connectivity index (χ1n) is 3.50. The van der Waals surface area contributed by atoms with Crippen molar-refractivity contribution in [3.8, 4) is 5.75 Å². The number of rotatable bonds is 2. The largest absolute Gasteiger partial charge is 0.573 e. The van der Waals surface area contributed by atoms with Gasteiger partial charge in [0.05, 0.1) is 11.8 Å². The molecule has 0 bridgehead atoms. The van der Waals surface area contributed by atoms with Crippen LogP contribution in [0.25, 0.3) is 0 Å². The van der Waals surface area contributed by atoms with Gasteiger partial charge in [-0.15, -0.1) is 13.2 Å². The summed E-state index contributed by atoms with van der Waals surface area (Å²) in [5.74, 6) is -1.64. The summed E-state index contributed by atoms with van der Waals surface area (Å²) in [7, 11) is 0. The molecular weight excluding hydrogens is 237 g/mol. The SMILES string of the molecule is NC(=O)c1cc(OC(F)(F)F)cnc1Cl. The third kappa shape index (κ3) is 3.28. The van der Waals surface area contributed by atoms with E-state index in [-0.39, 0.29) is 10.7 Å². The smallest absolute Gasteiger partial charge is 0.404 e. The van der Waals surface area contributed by atoms with Gasteiger partial charge >= 0.3 is 6.36 Å². The Morgan fingerprint density at radius 2 is 2.13 bits per heavy atom. The van der Waals surface area contributed by atoms with Crippen LogP contribution >= 0.6 is 11.6 Å². The topological polar surface area (TPSA) is 65.2 Å². The number of aromatic nitrogens is 1. The Morgan fingerprint density at radius 3 is 2.60 bits per heavy atom. The molecule has 0 saturated carbocycles. The molecule has 0 radical (unpaired) electrons. The minimum atomic E-state index is -4.86. The standard InChI is InChI=1S/C7H4ClF3N2O2/c8-5-4(6(12)14)1-3(2-13-5)15-7(9,10)11/h1-2H,(H2,12,14). The number of hydrogen-bond donors (Lipinski definition) is 1. The second-order valence-corrected chi connectivity index (χ2v) is 2.78. The Kier molecular flexibility index (Phi) is 3.04. The summed E-state index contributed by atoms with van der Waals surface area (Å²) in [6.07, 6.45) is -4.12. The van der Waals surface area contributed by atoms with Gasteiger partial charge in [0, 0.05) is 0 Å². The average molecular weight is 241 g/mol. The van der Waals surface area contributed by atoms with E-state index in [4.69, 9.17) is 17.3 Å². The number of hydrogen-bond acceptors (Lipinski definition) is 3. The highest BCUT2D eigenvalue weighted by Crippen LogP contribution is 2.24. The van der Waals surface area contributed by atoms with E-state index in [1.165, 1.54) is 0 Å². The Labute approximate surface area is 86.8 Å². The molecule has 0 aromatic carbocycles. The number of carbonyl (C=O) groups is 1. The Balaban J connectivity index is 3.03. The van der Waals surface area contributed by atoms with E-state index in [9.17, 15) is 18.0 Å². The molecule has 15 heavy (non-hydrogen) atoms. The Bertz CT molecular complexity index is 394. The summed E-state index contributed by atoms with van der Waals surface area (Å²) in [5.41, 5.74) is 4.51. The molecule has 4 nitrogen and oxygen atoms in total. The van der Waals surface area contributed by atoms with Crippen LogP contribution in [0.5, 0.6) is 5.75 Å². The molecule has 0 saturated heterocycles. The van der Waals surface area contributed by atoms with Gasteiger partial charge in [-0.2, -0.15) is 0 Å². The fourth-order valence-corrected chi connectivity index (χ4v) is 0.988. The molecule has 0 atom stereocenters. The van der Waals surface area contributed by atoms with E-state index in [1.807, 2.05) is 0 Å². The van der Waals surface area contributed by atoms with E-state index in [2.05, 4.69) is 9.72 Å². The summed E-state index contributed by atoms with van der Waals surface area (Å²) in [6.45, 7) is 0. The molecular formula is C7H4ClF3N2O2. The fourth-order valence-electron chi connectivity index (χ4n) is 0.791. The van der Waals surface area contributed by atoms with Crippen molar-refractivity contribution in [2.75, 3.05) is 0 Å². The zero-order valence-corrected chi connectivity index (χ0v) is 7.76. The van der Waals surface area contributed by atoms with Crippen molar-refractivity contribution in [2.24, 2.45) is 5.73 Å². The summed E-state index contributed by atoms with van der Waals surface area (Å²) in [4.78, 5) is 14.0. The third-order valence-corrected chi connectivity index (χ3v) is 1.61. The monoisotopic (exact) mass is 240 g/mol. The minimum absolute atomic E-state index is 0.281. The highest BCUT2D eigenvalue weighted by atomic mass is 35.5. The Morgan fingerprint density at radius 1 is 1.53 bits per heavy atom. The van der Waals surface area contributed by atoms with Crippen molar-refractivity contribution in [1.29, 1.82) is 0 Å². The van der Waals surface area contributed by atoms with Crippen LogP contribution in [0, 0.1) is 0 Å². The predicted molar refractivity (Wildman–Crippen MR) is 44.4 cm³/mol. The molecule has 1 heterocycles. The number of ether oxygens (including phenoxy) is 1. The normalized spacial score (nSPS) is 11.2. The van der Waals surface area contributed by atoms with Crippen LogP contribution in [0.3, 0.4) is 0 Å². The first-order valence-corrected chi connectivity index (χ1v) is 3.88. The van der Waals surface area contributed by atoms with E-state index < -0.39 is 18.0 Å². The first kappa shape index (κ1) is 11.6. The maximum Gasteiger partial charge on any atom is 0.573 e. The summed E-state index contributed by atoms with van der Waals surface area (Å²) >= 11 is 5.41. The molecule has 0 aliphatic carbocycles. The lowest BCUT2D eigenvalue weighted by Gasteiger charge is -2.09. The van der Waals surface area contributed by atoms with Crippen molar-refractivity contribution in [1.82, 2.24) is 4.98 Å². The molecule has 1 aromatic heterocycles. The van der Waals surface area contributed by atoms with Crippen LogP contribution in [0.1, 0.15) is 10.4 Å². The van der Waals surface area contributed by atoms with E-state index in [0.717, 1.165) is 12.3 Å². The van der Waals surface area contributed by atoms with Crippen molar-refractivity contribution in [3.05, 3.63) is 23.0 Å². The summed E-state index contributed by atoms with van der Waals surface area (Å²) < 4.78 is 38.8. The summed E-state index contributed by atoms with van der Waals surface area (Å²) in [6, 6.07) is 0.769. The summed E-state index contributed by atoms with van der Waals surface area (Å²) in [5, 5.41) is -0.281. The number of carbonyl (C=O) groups excluding carboxylic acids is 1. The van der Waals surface area contributed by atoms with Crippen LogP contribution in [-0.4, -0.2) is 17.3 Å². The van der Waals surface area contributed by atoms with Gasteiger partial charge in [0.1, 0.15) is 10.9 Å².